The number of hydrogen-bond acceptors (Lipinski definition) is 4. The van der Waals surface area contributed by atoms with Crippen LogP contribution in [0.1, 0.15) is 33.9 Å². The highest BCUT2D eigenvalue weighted by molar-refractivity contribution is 6.31. The SMILES string of the molecule is COc1ccc(C(CC(=O)O)NC(=O)c2ccc(C)c(Cl)c2)cc1OC. The van der Waals surface area contributed by atoms with Crippen molar-refractivity contribution >= 4 is 23.5 Å². The van der Waals surface area contributed by atoms with Crippen LogP contribution in [-0.2, 0) is 4.79 Å². The summed E-state index contributed by atoms with van der Waals surface area (Å²) in [5, 5.41) is 12.4. The van der Waals surface area contributed by atoms with E-state index in [1.807, 2.05) is 6.92 Å². The topological polar surface area (TPSA) is 84.9 Å². The molecule has 0 saturated heterocycles. The molecule has 0 aliphatic rings. The van der Waals surface area contributed by atoms with Gasteiger partial charge in [0, 0.05) is 10.6 Å². The molecule has 0 radical (unpaired) electrons. The van der Waals surface area contributed by atoms with E-state index in [4.69, 9.17) is 21.1 Å². The van der Waals surface area contributed by atoms with Gasteiger partial charge in [-0.15, -0.1) is 0 Å². The van der Waals surface area contributed by atoms with Crippen LogP contribution in [0.2, 0.25) is 5.02 Å². The Morgan fingerprint density at radius 3 is 2.38 bits per heavy atom. The standard InChI is InChI=1S/C19H20ClNO5/c1-11-4-5-13(8-14(11)20)19(24)21-15(10-18(22)23)12-6-7-16(25-2)17(9-12)26-3/h4-9,15H,10H2,1-3H3,(H,21,24)(H,22,23). The Morgan fingerprint density at radius 2 is 1.81 bits per heavy atom. The summed E-state index contributed by atoms with van der Waals surface area (Å²) >= 11 is 6.06. The van der Waals surface area contributed by atoms with Gasteiger partial charge in [-0.25, -0.2) is 0 Å². The molecular weight excluding hydrogens is 358 g/mol. The molecule has 0 aliphatic heterocycles. The second kappa shape index (κ2) is 8.58. The van der Waals surface area contributed by atoms with Gasteiger partial charge in [0.2, 0.25) is 0 Å². The molecule has 2 aromatic carbocycles. The normalized spacial score (nSPS) is 11.5. The Labute approximate surface area is 156 Å². The lowest BCUT2D eigenvalue weighted by molar-refractivity contribution is -0.137. The lowest BCUT2D eigenvalue weighted by Crippen LogP contribution is -2.30. The molecule has 2 N–H and O–H groups in total. The number of carbonyl (C=O) groups excluding carboxylic acids is 1. The highest BCUT2D eigenvalue weighted by atomic mass is 35.5. The van der Waals surface area contributed by atoms with Crippen LogP contribution in [0.25, 0.3) is 0 Å². The molecule has 0 saturated carbocycles. The monoisotopic (exact) mass is 377 g/mol. The molecule has 1 unspecified atom stereocenters. The van der Waals surface area contributed by atoms with Crippen molar-refractivity contribution in [2.75, 3.05) is 14.2 Å². The third-order valence-electron chi connectivity index (χ3n) is 3.93. The summed E-state index contributed by atoms with van der Waals surface area (Å²) in [6.07, 6.45) is -0.277. The summed E-state index contributed by atoms with van der Waals surface area (Å²) in [7, 11) is 3.00. The Bertz CT molecular complexity index is 822. The molecular formula is C19H20ClNO5. The molecule has 2 rings (SSSR count). The average molecular weight is 378 g/mol. The average Bonchev–Trinajstić information content (AvgIpc) is 2.62. The first kappa shape index (κ1) is 19.6. The number of nitrogens with one attached hydrogen (secondary N) is 1. The zero-order valence-corrected chi connectivity index (χ0v) is 15.5. The van der Waals surface area contributed by atoms with Gasteiger partial charge in [-0.1, -0.05) is 23.7 Å². The molecule has 7 heteroatoms. The number of methoxy groups -OCH3 is 2. The second-order valence-corrected chi connectivity index (χ2v) is 6.11. The zero-order valence-electron chi connectivity index (χ0n) is 14.7. The summed E-state index contributed by atoms with van der Waals surface area (Å²) in [6.45, 7) is 1.83. The predicted molar refractivity (Wildman–Crippen MR) is 98.2 cm³/mol. The quantitative estimate of drug-likeness (QED) is 0.769. The van der Waals surface area contributed by atoms with Crippen LogP contribution in [0.5, 0.6) is 11.5 Å². The van der Waals surface area contributed by atoms with Gasteiger partial charge in [0.05, 0.1) is 26.7 Å². The van der Waals surface area contributed by atoms with Crippen LogP contribution >= 0.6 is 11.6 Å². The van der Waals surface area contributed by atoms with E-state index in [-0.39, 0.29) is 6.42 Å². The molecule has 1 atom stereocenters. The number of ether oxygens (including phenoxy) is 2. The van der Waals surface area contributed by atoms with Crippen LogP contribution in [0, 0.1) is 6.92 Å². The zero-order chi connectivity index (χ0) is 19.3. The van der Waals surface area contributed by atoms with Crippen LogP contribution < -0.4 is 14.8 Å². The lowest BCUT2D eigenvalue weighted by atomic mass is 10.0. The highest BCUT2D eigenvalue weighted by Gasteiger charge is 2.21. The number of hydrogen-bond donors (Lipinski definition) is 2. The van der Waals surface area contributed by atoms with Crippen molar-refractivity contribution in [3.05, 3.63) is 58.1 Å². The minimum absolute atomic E-state index is 0.277. The number of halogens is 1. The number of carboxylic acids is 1. The Kier molecular flexibility index (Phi) is 6.46. The largest absolute Gasteiger partial charge is 0.493 e. The molecule has 26 heavy (non-hydrogen) atoms. The Hall–Kier alpha value is -2.73. The fraction of sp³-hybridized carbons (Fsp3) is 0.263. The van der Waals surface area contributed by atoms with E-state index in [2.05, 4.69) is 5.32 Å². The maximum Gasteiger partial charge on any atom is 0.305 e. The van der Waals surface area contributed by atoms with Crippen molar-refractivity contribution in [2.45, 2.75) is 19.4 Å². The van der Waals surface area contributed by atoms with Crippen molar-refractivity contribution < 1.29 is 24.2 Å². The maximum absolute atomic E-state index is 12.5. The smallest absolute Gasteiger partial charge is 0.305 e. The first-order valence-corrected chi connectivity index (χ1v) is 8.24. The second-order valence-electron chi connectivity index (χ2n) is 5.70. The molecule has 2 aromatic rings. The molecule has 0 heterocycles. The van der Waals surface area contributed by atoms with Crippen LogP contribution in [0.4, 0.5) is 0 Å². The number of rotatable bonds is 7. The Morgan fingerprint density at radius 1 is 1.12 bits per heavy atom. The molecule has 0 aromatic heterocycles. The number of aliphatic carboxylic acids is 1. The van der Waals surface area contributed by atoms with E-state index in [0.29, 0.717) is 27.6 Å². The van der Waals surface area contributed by atoms with Crippen molar-refractivity contribution in [1.29, 1.82) is 0 Å². The van der Waals surface area contributed by atoms with Gasteiger partial charge in [-0.05, 0) is 42.3 Å². The molecule has 0 fully saturated rings. The number of carboxylic acid groups (broad SMARTS) is 1. The van der Waals surface area contributed by atoms with Gasteiger partial charge in [0.1, 0.15) is 0 Å². The van der Waals surface area contributed by atoms with E-state index < -0.39 is 17.9 Å². The predicted octanol–water partition coefficient (Wildman–Crippen LogP) is 3.61. The summed E-state index contributed by atoms with van der Waals surface area (Å²) in [5.41, 5.74) is 1.80. The van der Waals surface area contributed by atoms with Crippen LogP contribution in [-0.4, -0.2) is 31.2 Å². The first-order chi connectivity index (χ1) is 12.3. The van der Waals surface area contributed by atoms with Crippen LogP contribution in [0.15, 0.2) is 36.4 Å². The molecule has 0 bridgehead atoms. The molecule has 1 amide bonds. The fourth-order valence-electron chi connectivity index (χ4n) is 2.47. The molecule has 138 valence electrons. The van der Waals surface area contributed by atoms with Gasteiger partial charge in [0.25, 0.3) is 5.91 Å². The third-order valence-corrected chi connectivity index (χ3v) is 4.34. The minimum Gasteiger partial charge on any atom is -0.493 e. The minimum atomic E-state index is -1.04. The van der Waals surface area contributed by atoms with Gasteiger partial charge in [-0.2, -0.15) is 0 Å². The Balaban J connectivity index is 2.31. The number of aryl methyl sites for hydroxylation is 1. The van der Waals surface area contributed by atoms with Crippen molar-refractivity contribution in [1.82, 2.24) is 5.32 Å². The fourth-order valence-corrected chi connectivity index (χ4v) is 2.65. The van der Waals surface area contributed by atoms with Crippen LogP contribution in [0.3, 0.4) is 0 Å². The van der Waals surface area contributed by atoms with Gasteiger partial charge < -0.3 is 19.9 Å². The molecule has 0 spiro atoms. The lowest BCUT2D eigenvalue weighted by Gasteiger charge is -2.19. The highest BCUT2D eigenvalue weighted by Crippen LogP contribution is 2.31. The van der Waals surface area contributed by atoms with E-state index in [1.54, 1.807) is 36.4 Å². The summed E-state index contributed by atoms with van der Waals surface area (Å²) < 4.78 is 10.4. The van der Waals surface area contributed by atoms with E-state index in [0.717, 1.165) is 5.56 Å². The maximum atomic E-state index is 12.5. The van der Waals surface area contributed by atoms with Crippen molar-refractivity contribution in [3.63, 3.8) is 0 Å². The molecule has 0 aliphatic carbocycles. The van der Waals surface area contributed by atoms with E-state index in [9.17, 15) is 14.7 Å². The first-order valence-electron chi connectivity index (χ1n) is 7.86. The number of benzene rings is 2. The number of amides is 1. The van der Waals surface area contributed by atoms with E-state index >= 15 is 0 Å². The molecule has 6 nitrogen and oxygen atoms in total. The van der Waals surface area contributed by atoms with Gasteiger partial charge in [-0.3, -0.25) is 9.59 Å². The van der Waals surface area contributed by atoms with Crippen molar-refractivity contribution in [3.8, 4) is 11.5 Å². The third kappa shape index (κ3) is 4.67. The number of carbonyl (C=O) groups is 2. The summed E-state index contributed by atoms with van der Waals surface area (Å²) in [6, 6.07) is 9.20. The van der Waals surface area contributed by atoms with Crippen molar-refractivity contribution in [2.24, 2.45) is 0 Å². The summed E-state index contributed by atoms with van der Waals surface area (Å²) in [4.78, 5) is 23.8. The summed E-state index contributed by atoms with van der Waals surface area (Å²) in [5.74, 6) is -0.477. The van der Waals surface area contributed by atoms with Gasteiger partial charge in [0.15, 0.2) is 11.5 Å². The van der Waals surface area contributed by atoms with Gasteiger partial charge >= 0.3 is 5.97 Å². The van der Waals surface area contributed by atoms with E-state index in [1.165, 1.54) is 14.2 Å².